The van der Waals surface area contributed by atoms with Crippen LogP contribution in [0.3, 0.4) is 0 Å². The minimum absolute atomic E-state index is 0.0821. The number of rotatable bonds is 4. The molecule has 2 nitrogen and oxygen atoms in total. The van der Waals surface area contributed by atoms with Crippen LogP contribution >= 0.6 is 0 Å². The van der Waals surface area contributed by atoms with Gasteiger partial charge in [-0.2, -0.15) is 0 Å². The van der Waals surface area contributed by atoms with E-state index in [0.29, 0.717) is 17.6 Å². The molecule has 2 fully saturated rings. The quantitative estimate of drug-likeness (QED) is 0.426. The summed E-state index contributed by atoms with van der Waals surface area (Å²) in [6.45, 7) is 6.74. The molecule has 0 N–H and O–H groups in total. The summed E-state index contributed by atoms with van der Waals surface area (Å²) in [6.07, 6.45) is 4.10. The molecule has 3 heteroatoms. The molecule has 0 saturated heterocycles. The molecule has 1 unspecified atom stereocenters. The Morgan fingerprint density at radius 1 is 1.55 bits per heavy atom. The Kier molecular flexibility index (Phi) is 3.47. The Morgan fingerprint density at radius 2 is 2.30 bits per heavy atom. The molecule has 0 aromatic carbocycles. The van der Waals surface area contributed by atoms with Gasteiger partial charge in [-0.15, -0.1) is 0 Å². The predicted octanol–water partition coefficient (Wildman–Crippen LogP) is 0.344. The summed E-state index contributed by atoms with van der Waals surface area (Å²) in [4.78, 5) is 20.0. The van der Waals surface area contributed by atoms with Crippen LogP contribution in [0, 0.1) is 29.6 Å². The first-order chi connectivity index (χ1) is 9.47. The van der Waals surface area contributed by atoms with Gasteiger partial charge < -0.3 is 0 Å². The zero-order valence-electron chi connectivity index (χ0n) is 12.7. The van der Waals surface area contributed by atoms with E-state index >= 15 is 0 Å². The molecule has 20 heavy (non-hydrogen) atoms. The number of nitrogens with zero attached hydrogens (tertiary/aromatic N) is 1. The van der Waals surface area contributed by atoms with Gasteiger partial charge >= 0.3 is 132 Å². The van der Waals surface area contributed by atoms with Gasteiger partial charge in [0.1, 0.15) is 0 Å². The van der Waals surface area contributed by atoms with Crippen LogP contribution in [0.25, 0.3) is 0 Å². The average Bonchev–Trinajstić information content (AvgIpc) is 3.09. The maximum absolute atomic E-state index is 13.2. The molecule has 1 aromatic heterocycles. The summed E-state index contributed by atoms with van der Waals surface area (Å²) in [7, 11) is 0. The fourth-order valence-electron chi connectivity index (χ4n) is 4.44. The third-order valence-corrected chi connectivity index (χ3v) is 8.24. The molecule has 2 aliphatic rings. The molecular formula is C17H23INO-. The van der Waals surface area contributed by atoms with Gasteiger partial charge in [-0.3, -0.25) is 0 Å². The van der Waals surface area contributed by atoms with Crippen molar-refractivity contribution in [2.75, 3.05) is 9.36 Å². The number of hydrogen-bond acceptors (Lipinski definition) is 2. The first-order valence-electron chi connectivity index (χ1n) is 7.37. The zero-order chi connectivity index (χ0) is 14.5. The molecule has 0 spiro atoms. The summed E-state index contributed by atoms with van der Waals surface area (Å²) in [6, 6.07) is 3.93. The molecule has 1 heterocycles. The Balaban J connectivity index is 2.01. The maximum atomic E-state index is 13.2. The zero-order valence-corrected chi connectivity index (χ0v) is 14.9. The number of carbonyl (C=O) groups is 1. The standard InChI is InChI=1S/C17H23INO/c1-11-6-5-7-19-14(11)15(20)17-9-13(17)8-12(2)16(17,3)10-18-4/h5-7,12-13H,8-10H2,1-4H3/q-1/t12-,13?,16+,17-/m1/s1. The van der Waals surface area contributed by atoms with E-state index in [-0.39, 0.29) is 32.0 Å². The average molecular weight is 384 g/mol. The van der Waals surface area contributed by atoms with Gasteiger partial charge in [0.05, 0.1) is 0 Å². The van der Waals surface area contributed by atoms with Crippen molar-refractivity contribution >= 4 is 5.78 Å². The Morgan fingerprint density at radius 3 is 2.95 bits per heavy atom. The van der Waals surface area contributed by atoms with Crippen LogP contribution in [0.2, 0.25) is 0 Å². The third kappa shape index (κ3) is 1.74. The normalized spacial score (nSPS) is 38.8. The fourth-order valence-corrected chi connectivity index (χ4v) is 7.46. The van der Waals surface area contributed by atoms with Crippen LogP contribution < -0.4 is 21.2 Å². The van der Waals surface area contributed by atoms with Crippen LogP contribution in [0.5, 0.6) is 0 Å². The van der Waals surface area contributed by atoms with Gasteiger partial charge in [0.25, 0.3) is 0 Å². The molecule has 2 aliphatic carbocycles. The van der Waals surface area contributed by atoms with Crippen LogP contribution in [-0.4, -0.2) is 20.1 Å². The first-order valence-corrected chi connectivity index (χ1v) is 11.1. The van der Waals surface area contributed by atoms with Crippen LogP contribution in [0.15, 0.2) is 18.3 Å². The third-order valence-electron chi connectivity index (χ3n) is 5.89. The van der Waals surface area contributed by atoms with Gasteiger partial charge in [-0.1, -0.05) is 0 Å². The van der Waals surface area contributed by atoms with Crippen molar-refractivity contribution < 1.29 is 26.0 Å². The summed E-state index contributed by atoms with van der Waals surface area (Å²) < 4.78 is 1.27. The number of fused-ring (bicyclic) bond motifs is 1. The second-order valence-electron chi connectivity index (χ2n) is 6.83. The number of aryl methyl sites for hydroxylation is 1. The predicted molar refractivity (Wildman–Crippen MR) is 76.5 cm³/mol. The SMILES string of the molecule is C[I-]C[C@@]1(C)[C@H](C)CC2C[C@]21C(=O)c1ncccc1C. The Labute approximate surface area is 132 Å². The number of pyridine rings is 1. The molecule has 0 bridgehead atoms. The molecule has 0 amide bonds. The molecule has 110 valence electrons. The molecular weight excluding hydrogens is 361 g/mol. The van der Waals surface area contributed by atoms with E-state index in [1.165, 1.54) is 10.8 Å². The van der Waals surface area contributed by atoms with Crippen molar-refractivity contribution in [1.82, 2.24) is 4.98 Å². The van der Waals surface area contributed by atoms with E-state index in [9.17, 15) is 4.79 Å². The van der Waals surface area contributed by atoms with Crippen molar-refractivity contribution in [1.29, 1.82) is 0 Å². The molecule has 4 atom stereocenters. The second kappa shape index (κ2) is 4.79. The summed E-state index contributed by atoms with van der Waals surface area (Å²) in [5.41, 5.74) is 1.89. The van der Waals surface area contributed by atoms with Gasteiger partial charge in [-0.25, -0.2) is 0 Å². The number of aromatic nitrogens is 1. The van der Waals surface area contributed by atoms with E-state index in [0.717, 1.165) is 17.7 Å². The van der Waals surface area contributed by atoms with Crippen molar-refractivity contribution in [2.45, 2.75) is 33.6 Å². The number of hydrogen-bond donors (Lipinski definition) is 0. The van der Waals surface area contributed by atoms with Crippen molar-refractivity contribution in [2.24, 2.45) is 22.7 Å². The summed E-state index contributed by atoms with van der Waals surface area (Å²) >= 11 is 0.209. The monoisotopic (exact) mass is 384 g/mol. The van der Waals surface area contributed by atoms with E-state index in [2.05, 4.69) is 23.8 Å². The molecule has 2 saturated carbocycles. The van der Waals surface area contributed by atoms with Crippen LogP contribution in [-0.2, 0) is 0 Å². The Bertz CT molecular complexity index is 558. The fraction of sp³-hybridized carbons (Fsp3) is 0.647. The number of Topliss-reactive ketones (excluding diaryl/α,β-unsaturated/α-hetero) is 1. The number of carbonyl (C=O) groups excluding carboxylic acids is 1. The van der Waals surface area contributed by atoms with Gasteiger partial charge in [0, 0.05) is 0 Å². The van der Waals surface area contributed by atoms with Crippen molar-refractivity contribution in [3.8, 4) is 0 Å². The molecule has 0 aliphatic heterocycles. The minimum atomic E-state index is -0.0821. The number of halogens is 1. The Hall–Kier alpha value is -0.450. The van der Waals surface area contributed by atoms with Crippen molar-refractivity contribution in [3.05, 3.63) is 29.6 Å². The van der Waals surface area contributed by atoms with Crippen LogP contribution in [0.1, 0.15) is 42.7 Å². The summed E-state index contributed by atoms with van der Waals surface area (Å²) in [5, 5.41) is 0. The summed E-state index contributed by atoms with van der Waals surface area (Å²) in [5.74, 6) is 1.63. The van der Waals surface area contributed by atoms with E-state index < -0.39 is 0 Å². The van der Waals surface area contributed by atoms with Gasteiger partial charge in [0.2, 0.25) is 0 Å². The van der Waals surface area contributed by atoms with Gasteiger partial charge in [0.15, 0.2) is 0 Å². The molecule has 3 rings (SSSR count). The topological polar surface area (TPSA) is 30.0 Å². The second-order valence-corrected chi connectivity index (χ2v) is 9.11. The van der Waals surface area contributed by atoms with Gasteiger partial charge in [-0.05, 0) is 0 Å². The molecule has 0 radical (unpaired) electrons. The first kappa shape index (κ1) is 14.5. The number of alkyl halides is 2. The van der Waals surface area contributed by atoms with E-state index in [1.54, 1.807) is 6.20 Å². The number of ketones is 1. The van der Waals surface area contributed by atoms with E-state index in [4.69, 9.17) is 0 Å². The molecule has 1 aromatic rings. The van der Waals surface area contributed by atoms with Crippen molar-refractivity contribution in [3.63, 3.8) is 0 Å². The van der Waals surface area contributed by atoms with E-state index in [1.807, 2.05) is 19.1 Å². The van der Waals surface area contributed by atoms with Crippen LogP contribution in [0.4, 0.5) is 0 Å².